The first-order chi connectivity index (χ1) is 12.6. The monoisotopic (exact) mass is 365 g/mol. The zero-order valence-electron chi connectivity index (χ0n) is 13.7. The maximum atomic E-state index is 10.7. The number of pyridine rings is 1. The van der Waals surface area contributed by atoms with Gasteiger partial charge in [0, 0.05) is 23.5 Å². The van der Waals surface area contributed by atoms with Crippen molar-refractivity contribution >= 4 is 33.3 Å². The number of carboxylic acid groups (broad SMARTS) is 1. The fraction of sp³-hybridized carbons (Fsp3) is 0.111. The summed E-state index contributed by atoms with van der Waals surface area (Å²) >= 11 is 1.57. The number of benzene rings is 1. The second-order valence-corrected chi connectivity index (χ2v) is 6.81. The number of rotatable bonds is 5. The van der Waals surface area contributed by atoms with Gasteiger partial charge in [-0.25, -0.2) is 9.97 Å². The molecule has 0 aliphatic carbocycles. The average molecular weight is 365 g/mol. The molecule has 3 heterocycles. The Labute approximate surface area is 152 Å². The molecule has 0 aliphatic heterocycles. The van der Waals surface area contributed by atoms with Crippen molar-refractivity contribution in [1.29, 1.82) is 0 Å². The third-order valence-electron chi connectivity index (χ3n) is 3.96. The first-order valence-corrected chi connectivity index (χ1v) is 8.78. The molecule has 0 amide bonds. The minimum absolute atomic E-state index is 0.0259. The zero-order valence-corrected chi connectivity index (χ0v) is 14.5. The number of para-hydroxylation sites is 1. The van der Waals surface area contributed by atoms with E-state index < -0.39 is 5.97 Å². The summed E-state index contributed by atoms with van der Waals surface area (Å²) in [6.07, 6.45) is 5.21. The molecule has 0 saturated heterocycles. The predicted octanol–water partition coefficient (Wildman–Crippen LogP) is 3.28. The SMILES string of the molecule is Nc1ncc(-c2cnn(CCC(=O)O)c2)cc1-c1nc2ccccc2s1. The van der Waals surface area contributed by atoms with E-state index in [4.69, 9.17) is 10.8 Å². The van der Waals surface area contributed by atoms with Crippen LogP contribution in [0, 0.1) is 0 Å². The van der Waals surface area contributed by atoms with Gasteiger partial charge < -0.3 is 10.8 Å². The van der Waals surface area contributed by atoms with Crippen LogP contribution < -0.4 is 5.73 Å². The molecule has 3 aromatic heterocycles. The number of nitrogen functional groups attached to an aromatic ring is 1. The number of aromatic nitrogens is 4. The highest BCUT2D eigenvalue weighted by atomic mass is 32.1. The van der Waals surface area contributed by atoms with Gasteiger partial charge in [-0.15, -0.1) is 11.3 Å². The van der Waals surface area contributed by atoms with Crippen molar-refractivity contribution in [2.75, 3.05) is 5.73 Å². The molecule has 0 aliphatic rings. The quantitative estimate of drug-likeness (QED) is 0.562. The van der Waals surface area contributed by atoms with Crippen LogP contribution in [-0.4, -0.2) is 30.8 Å². The van der Waals surface area contributed by atoms with Gasteiger partial charge >= 0.3 is 5.97 Å². The van der Waals surface area contributed by atoms with Gasteiger partial charge in [0.15, 0.2) is 0 Å². The highest BCUT2D eigenvalue weighted by Crippen LogP contribution is 2.34. The number of anilines is 1. The number of nitrogens with two attached hydrogens (primary N) is 1. The molecule has 3 N–H and O–H groups in total. The number of hydrogen-bond acceptors (Lipinski definition) is 6. The third kappa shape index (κ3) is 3.14. The molecule has 0 saturated carbocycles. The Morgan fingerprint density at radius 2 is 2.08 bits per heavy atom. The number of thiazole rings is 1. The Kier molecular flexibility index (Phi) is 4.10. The van der Waals surface area contributed by atoms with Gasteiger partial charge in [-0.3, -0.25) is 9.48 Å². The van der Waals surface area contributed by atoms with E-state index in [-0.39, 0.29) is 6.42 Å². The number of hydrogen-bond donors (Lipinski definition) is 2. The maximum absolute atomic E-state index is 10.7. The summed E-state index contributed by atoms with van der Waals surface area (Å²) in [4.78, 5) is 19.6. The summed E-state index contributed by atoms with van der Waals surface area (Å²) in [5, 5.41) is 13.8. The van der Waals surface area contributed by atoms with E-state index in [1.807, 2.05) is 30.3 Å². The van der Waals surface area contributed by atoms with Crippen molar-refractivity contribution in [2.45, 2.75) is 13.0 Å². The standard InChI is InChI=1S/C18H15N5O2S/c19-17-13(18-22-14-3-1-2-4-15(14)26-18)7-11(8-20-17)12-9-21-23(10-12)6-5-16(24)25/h1-4,7-10H,5-6H2,(H2,19,20)(H,24,25). The first kappa shape index (κ1) is 16.2. The summed E-state index contributed by atoms with van der Waals surface area (Å²) in [6, 6.07) is 9.87. The van der Waals surface area contributed by atoms with E-state index >= 15 is 0 Å². The lowest BCUT2D eigenvalue weighted by atomic mass is 10.1. The van der Waals surface area contributed by atoms with Gasteiger partial charge in [0.25, 0.3) is 0 Å². The molecule has 0 unspecified atom stereocenters. The average Bonchev–Trinajstić information content (AvgIpc) is 3.27. The van der Waals surface area contributed by atoms with Crippen molar-refractivity contribution < 1.29 is 9.90 Å². The topological polar surface area (TPSA) is 107 Å². The lowest BCUT2D eigenvalue weighted by molar-refractivity contribution is -0.137. The molecule has 7 nitrogen and oxygen atoms in total. The van der Waals surface area contributed by atoms with Crippen molar-refractivity contribution in [2.24, 2.45) is 0 Å². The summed E-state index contributed by atoms with van der Waals surface area (Å²) in [5.74, 6) is -0.430. The molecule has 26 heavy (non-hydrogen) atoms. The van der Waals surface area contributed by atoms with E-state index in [0.717, 1.165) is 31.9 Å². The number of aryl methyl sites for hydroxylation is 1. The summed E-state index contributed by atoms with van der Waals surface area (Å²) in [6.45, 7) is 0.322. The fourth-order valence-corrected chi connectivity index (χ4v) is 3.63. The van der Waals surface area contributed by atoms with Crippen molar-refractivity contribution in [3.63, 3.8) is 0 Å². The molecule has 8 heteroatoms. The van der Waals surface area contributed by atoms with Gasteiger partial charge in [0.2, 0.25) is 0 Å². The minimum atomic E-state index is -0.852. The van der Waals surface area contributed by atoms with Gasteiger partial charge in [-0.2, -0.15) is 5.10 Å². The Hall–Kier alpha value is -3.26. The van der Waals surface area contributed by atoms with Crippen LogP contribution in [0.4, 0.5) is 5.82 Å². The van der Waals surface area contributed by atoms with Crippen LogP contribution in [0.1, 0.15) is 6.42 Å². The fourth-order valence-electron chi connectivity index (χ4n) is 2.64. The van der Waals surface area contributed by atoms with Crippen molar-refractivity contribution in [1.82, 2.24) is 19.7 Å². The molecule has 1 aromatic carbocycles. The van der Waals surface area contributed by atoms with Gasteiger partial charge in [0.1, 0.15) is 10.8 Å². The summed E-state index contributed by atoms with van der Waals surface area (Å²) < 4.78 is 2.70. The van der Waals surface area contributed by atoms with Crippen LogP contribution in [-0.2, 0) is 11.3 Å². The van der Waals surface area contributed by atoms with Crippen LogP contribution in [0.3, 0.4) is 0 Å². The summed E-state index contributed by atoms with van der Waals surface area (Å²) in [5.41, 5.74) is 9.49. The smallest absolute Gasteiger partial charge is 0.305 e. The van der Waals surface area contributed by atoms with E-state index in [9.17, 15) is 4.79 Å². The lowest BCUT2D eigenvalue weighted by Gasteiger charge is -2.04. The van der Waals surface area contributed by atoms with E-state index in [0.29, 0.717) is 12.4 Å². The Morgan fingerprint density at radius 3 is 2.88 bits per heavy atom. The van der Waals surface area contributed by atoms with Crippen LogP contribution in [0.2, 0.25) is 0 Å². The van der Waals surface area contributed by atoms with Gasteiger partial charge in [-0.1, -0.05) is 12.1 Å². The number of fused-ring (bicyclic) bond motifs is 1. The van der Waals surface area contributed by atoms with Gasteiger partial charge in [-0.05, 0) is 18.2 Å². The normalized spacial score (nSPS) is 11.1. The maximum Gasteiger partial charge on any atom is 0.305 e. The lowest BCUT2D eigenvalue weighted by Crippen LogP contribution is -2.04. The predicted molar refractivity (Wildman–Crippen MR) is 101 cm³/mol. The highest BCUT2D eigenvalue weighted by molar-refractivity contribution is 7.21. The molecule has 0 spiro atoms. The Bertz CT molecular complexity index is 1070. The molecule has 0 radical (unpaired) electrons. The third-order valence-corrected chi connectivity index (χ3v) is 5.03. The molecule has 0 atom stereocenters. The van der Waals surface area contributed by atoms with Crippen LogP contribution >= 0.6 is 11.3 Å². The highest BCUT2D eigenvalue weighted by Gasteiger charge is 2.13. The van der Waals surface area contributed by atoms with Crippen LogP contribution in [0.15, 0.2) is 48.9 Å². The number of carbonyl (C=O) groups is 1. The van der Waals surface area contributed by atoms with Crippen LogP contribution in [0.5, 0.6) is 0 Å². The molecule has 130 valence electrons. The molecular weight excluding hydrogens is 350 g/mol. The van der Waals surface area contributed by atoms with Crippen LogP contribution in [0.25, 0.3) is 31.9 Å². The molecule has 0 fully saturated rings. The van der Waals surface area contributed by atoms with E-state index in [2.05, 4.69) is 15.1 Å². The number of nitrogens with zero attached hydrogens (tertiary/aromatic N) is 4. The molecular formula is C18H15N5O2S. The number of aliphatic carboxylic acids is 1. The minimum Gasteiger partial charge on any atom is -0.481 e. The molecule has 4 rings (SSSR count). The molecule has 4 aromatic rings. The van der Waals surface area contributed by atoms with Crippen molar-refractivity contribution in [3.05, 3.63) is 48.9 Å². The van der Waals surface area contributed by atoms with E-state index in [1.54, 1.807) is 34.6 Å². The second kappa shape index (κ2) is 6.57. The van der Waals surface area contributed by atoms with Crippen molar-refractivity contribution in [3.8, 4) is 21.7 Å². The first-order valence-electron chi connectivity index (χ1n) is 7.96. The largest absolute Gasteiger partial charge is 0.481 e. The van der Waals surface area contributed by atoms with E-state index in [1.165, 1.54) is 0 Å². The zero-order chi connectivity index (χ0) is 18.1. The Morgan fingerprint density at radius 1 is 1.23 bits per heavy atom. The Balaban J connectivity index is 1.69. The molecule has 0 bridgehead atoms. The number of carboxylic acids is 1. The summed E-state index contributed by atoms with van der Waals surface area (Å²) in [7, 11) is 0. The van der Waals surface area contributed by atoms with Gasteiger partial charge in [0.05, 0.1) is 34.9 Å². The second-order valence-electron chi connectivity index (χ2n) is 5.78.